The Labute approximate surface area is 183 Å². The lowest BCUT2D eigenvalue weighted by atomic mass is 10.1. The van der Waals surface area contributed by atoms with E-state index in [0.717, 1.165) is 42.6 Å². The number of hydrogen-bond acceptors (Lipinski definition) is 4. The quantitative estimate of drug-likeness (QED) is 0.350. The van der Waals surface area contributed by atoms with Gasteiger partial charge in [-0.2, -0.15) is 0 Å². The van der Waals surface area contributed by atoms with E-state index >= 15 is 0 Å². The SMILES string of the molecule is CN=C(NCCc1ccc(OC)c(OC)c1)NCC1Cc2ccccc2O1.I. The first-order valence-corrected chi connectivity index (χ1v) is 9.13. The third kappa shape index (κ3) is 5.67. The van der Waals surface area contributed by atoms with Gasteiger partial charge in [-0.3, -0.25) is 4.99 Å². The number of ether oxygens (including phenoxy) is 3. The van der Waals surface area contributed by atoms with Gasteiger partial charge in [-0.15, -0.1) is 24.0 Å². The van der Waals surface area contributed by atoms with Gasteiger partial charge in [0.2, 0.25) is 0 Å². The Morgan fingerprint density at radius 2 is 1.89 bits per heavy atom. The van der Waals surface area contributed by atoms with Crippen molar-refractivity contribution in [3.63, 3.8) is 0 Å². The molecule has 7 heteroatoms. The molecule has 0 saturated heterocycles. The van der Waals surface area contributed by atoms with E-state index in [9.17, 15) is 0 Å². The van der Waals surface area contributed by atoms with Crippen molar-refractivity contribution >= 4 is 29.9 Å². The Morgan fingerprint density at radius 3 is 2.61 bits per heavy atom. The molecule has 0 amide bonds. The summed E-state index contributed by atoms with van der Waals surface area (Å²) in [6.07, 6.45) is 1.91. The van der Waals surface area contributed by atoms with Crippen LogP contribution in [0.5, 0.6) is 17.2 Å². The van der Waals surface area contributed by atoms with Crippen LogP contribution in [0.15, 0.2) is 47.5 Å². The average molecular weight is 497 g/mol. The zero-order valence-corrected chi connectivity index (χ0v) is 18.9. The Morgan fingerprint density at radius 1 is 1.11 bits per heavy atom. The molecular weight excluding hydrogens is 469 g/mol. The first-order chi connectivity index (χ1) is 13.2. The van der Waals surface area contributed by atoms with Gasteiger partial charge < -0.3 is 24.8 Å². The maximum absolute atomic E-state index is 5.95. The summed E-state index contributed by atoms with van der Waals surface area (Å²) in [5.74, 6) is 3.25. The average Bonchev–Trinajstić information content (AvgIpc) is 3.13. The fourth-order valence-corrected chi connectivity index (χ4v) is 3.16. The summed E-state index contributed by atoms with van der Waals surface area (Å²) in [5.41, 5.74) is 2.44. The molecule has 28 heavy (non-hydrogen) atoms. The summed E-state index contributed by atoms with van der Waals surface area (Å²) in [6, 6.07) is 14.2. The van der Waals surface area contributed by atoms with Crippen LogP contribution in [0.1, 0.15) is 11.1 Å². The summed E-state index contributed by atoms with van der Waals surface area (Å²) in [6.45, 7) is 1.48. The van der Waals surface area contributed by atoms with E-state index in [1.54, 1.807) is 21.3 Å². The molecule has 0 fully saturated rings. The van der Waals surface area contributed by atoms with Crippen LogP contribution in [0.25, 0.3) is 0 Å². The highest BCUT2D eigenvalue weighted by Crippen LogP contribution is 2.28. The zero-order valence-electron chi connectivity index (χ0n) is 16.5. The Bertz CT molecular complexity index is 773. The van der Waals surface area contributed by atoms with E-state index < -0.39 is 0 Å². The number of aliphatic imine (C=N–C) groups is 1. The van der Waals surface area contributed by atoms with Crippen molar-refractivity contribution in [2.24, 2.45) is 4.99 Å². The number of benzene rings is 2. The molecule has 6 nitrogen and oxygen atoms in total. The summed E-state index contributed by atoms with van der Waals surface area (Å²) in [5, 5.41) is 6.68. The van der Waals surface area contributed by atoms with Gasteiger partial charge >= 0.3 is 0 Å². The Kier molecular flexibility index (Phi) is 8.69. The molecule has 0 bridgehead atoms. The van der Waals surface area contributed by atoms with Crippen molar-refractivity contribution in [1.29, 1.82) is 0 Å². The molecule has 1 aliphatic heterocycles. The second kappa shape index (κ2) is 11.0. The largest absolute Gasteiger partial charge is 0.493 e. The number of nitrogens with zero attached hydrogens (tertiary/aromatic N) is 1. The third-order valence-electron chi connectivity index (χ3n) is 4.59. The first kappa shape index (κ1) is 22.1. The lowest BCUT2D eigenvalue weighted by Gasteiger charge is -2.16. The molecule has 0 aromatic heterocycles. The molecule has 3 rings (SSSR count). The van der Waals surface area contributed by atoms with E-state index in [0.29, 0.717) is 6.54 Å². The summed E-state index contributed by atoms with van der Waals surface area (Å²) in [7, 11) is 5.06. The van der Waals surface area contributed by atoms with Gasteiger partial charge in [0.15, 0.2) is 17.5 Å². The maximum atomic E-state index is 5.95. The minimum Gasteiger partial charge on any atom is -0.493 e. The normalized spacial score (nSPS) is 15.1. The molecule has 0 spiro atoms. The molecule has 1 unspecified atom stereocenters. The number of halogens is 1. The molecule has 0 radical (unpaired) electrons. The second-order valence-electron chi connectivity index (χ2n) is 6.37. The van der Waals surface area contributed by atoms with E-state index in [2.05, 4.69) is 21.7 Å². The third-order valence-corrected chi connectivity index (χ3v) is 4.59. The van der Waals surface area contributed by atoms with Gasteiger partial charge in [-0.05, 0) is 35.7 Å². The van der Waals surface area contributed by atoms with Crippen LogP contribution in [0.3, 0.4) is 0 Å². The lowest BCUT2D eigenvalue weighted by molar-refractivity contribution is 0.235. The molecule has 1 heterocycles. The first-order valence-electron chi connectivity index (χ1n) is 9.13. The molecule has 2 aromatic carbocycles. The van der Waals surface area contributed by atoms with Gasteiger partial charge in [0, 0.05) is 20.0 Å². The Hall–Kier alpha value is -2.16. The monoisotopic (exact) mass is 497 g/mol. The van der Waals surface area contributed by atoms with Crippen molar-refractivity contribution in [2.75, 3.05) is 34.4 Å². The van der Waals surface area contributed by atoms with Crippen LogP contribution in [-0.4, -0.2) is 46.4 Å². The number of rotatable bonds is 7. The highest BCUT2D eigenvalue weighted by Gasteiger charge is 2.22. The van der Waals surface area contributed by atoms with Crippen LogP contribution in [0.2, 0.25) is 0 Å². The van der Waals surface area contributed by atoms with E-state index in [4.69, 9.17) is 14.2 Å². The number of para-hydroxylation sites is 1. The molecule has 0 aliphatic carbocycles. The molecule has 2 aromatic rings. The predicted octanol–water partition coefficient (Wildman–Crippen LogP) is 3.03. The topological polar surface area (TPSA) is 64.1 Å². The molecule has 1 atom stereocenters. The summed E-state index contributed by atoms with van der Waals surface area (Å²) in [4.78, 5) is 4.28. The van der Waals surface area contributed by atoms with Gasteiger partial charge in [0.25, 0.3) is 0 Å². The van der Waals surface area contributed by atoms with Gasteiger partial charge in [0.05, 0.1) is 20.8 Å². The van der Waals surface area contributed by atoms with Gasteiger partial charge in [-0.1, -0.05) is 24.3 Å². The van der Waals surface area contributed by atoms with Crippen molar-refractivity contribution in [3.05, 3.63) is 53.6 Å². The van der Waals surface area contributed by atoms with Crippen molar-refractivity contribution in [3.8, 4) is 17.2 Å². The van der Waals surface area contributed by atoms with Crippen LogP contribution in [0.4, 0.5) is 0 Å². The molecule has 152 valence electrons. The van der Waals surface area contributed by atoms with E-state index in [1.807, 2.05) is 36.4 Å². The fourth-order valence-electron chi connectivity index (χ4n) is 3.16. The van der Waals surface area contributed by atoms with Gasteiger partial charge in [-0.25, -0.2) is 0 Å². The smallest absolute Gasteiger partial charge is 0.191 e. The number of methoxy groups -OCH3 is 2. The highest BCUT2D eigenvalue weighted by molar-refractivity contribution is 14.0. The number of nitrogens with one attached hydrogen (secondary N) is 2. The van der Waals surface area contributed by atoms with Crippen molar-refractivity contribution < 1.29 is 14.2 Å². The van der Waals surface area contributed by atoms with E-state index in [1.165, 1.54) is 11.1 Å². The van der Waals surface area contributed by atoms with Crippen LogP contribution >= 0.6 is 24.0 Å². The summed E-state index contributed by atoms with van der Waals surface area (Å²) < 4.78 is 16.6. The summed E-state index contributed by atoms with van der Waals surface area (Å²) >= 11 is 0. The number of fused-ring (bicyclic) bond motifs is 1. The number of hydrogen-bond donors (Lipinski definition) is 2. The van der Waals surface area contributed by atoms with Crippen LogP contribution in [0, 0.1) is 0 Å². The highest BCUT2D eigenvalue weighted by atomic mass is 127. The van der Waals surface area contributed by atoms with Crippen molar-refractivity contribution in [2.45, 2.75) is 18.9 Å². The van der Waals surface area contributed by atoms with E-state index in [-0.39, 0.29) is 30.1 Å². The van der Waals surface area contributed by atoms with Crippen molar-refractivity contribution in [1.82, 2.24) is 10.6 Å². The van der Waals surface area contributed by atoms with Gasteiger partial charge in [0.1, 0.15) is 11.9 Å². The number of guanidine groups is 1. The second-order valence-corrected chi connectivity index (χ2v) is 6.37. The molecule has 2 N–H and O–H groups in total. The Balaban J connectivity index is 0.00000280. The van der Waals surface area contributed by atoms with Crippen LogP contribution in [-0.2, 0) is 12.8 Å². The molecule has 0 saturated carbocycles. The van der Waals surface area contributed by atoms with Crippen LogP contribution < -0.4 is 24.8 Å². The molecule has 1 aliphatic rings. The fraction of sp³-hybridized carbons (Fsp3) is 0.381. The molecular formula is C21H28IN3O3. The minimum absolute atomic E-state index is 0. The standard InChI is InChI=1S/C21H27N3O3.HI/c1-22-21(24-14-17-13-16-6-4-5-7-18(16)27-17)23-11-10-15-8-9-19(25-2)20(12-15)26-3;/h4-9,12,17H,10-11,13-14H2,1-3H3,(H2,22,23,24);1H. The maximum Gasteiger partial charge on any atom is 0.191 e. The predicted molar refractivity (Wildman–Crippen MR) is 123 cm³/mol. The minimum atomic E-state index is 0. The lowest BCUT2D eigenvalue weighted by Crippen LogP contribution is -2.42. The zero-order chi connectivity index (χ0) is 19.1.